The number of ether oxygens (including phenoxy) is 2. The molecule has 4 atom stereocenters. The second-order valence-corrected chi connectivity index (χ2v) is 9.49. The van der Waals surface area contributed by atoms with Gasteiger partial charge in [0, 0.05) is 22.6 Å². The molecular weight excluding hydrogens is 390 g/mol. The molecule has 1 spiro atoms. The summed E-state index contributed by atoms with van der Waals surface area (Å²) in [6.07, 6.45) is 4.58. The lowest BCUT2D eigenvalue weighted by Gasteiger charge is -2.56. The Kier molecular flexibility index (Phi) is 4.11. The van der Waals surface area contributed by atoms with Crippen molar-refractivity contribution in [1.82, 2.24) is 4.90 Å². The molecule has 31 heavy (non-hydrogen) atoms. The van der Waals surface area contributed by atoms with Gasteiger partial charge in [-0.05, 0) is 69.5 Å². The Morgan fingerprint density at radius 2 is 2.19 bits per heavy atom. The SMILES string of the molecule is Cc1cccc(C(=O)OC2=CCC3C4Cc5ccc(CO)c6c5C3(CCN4C)C2O6)c1. The summed E-state index contributed by atoms with van der Waals surface area (Å²) in [6.45, 7) is 2.90. The van der Waals surface area contributed by atoms with Crippen LogP contribution in [0.15, 0.2) is 48.2 Å². The maximum atomic E-state index is 13.0. The molecule has 2 aromatic rings. The molecule has 1 saturated heterocycles. The van der Waals surface area contributed by atoms with Gasteiger partial charge < -0.3 is 19.5 Å². The molecule has 0 saturated carbocycles. The summed E-state index contributed by atoms with van der Waals surface area (Å²) in [5.41, 5.74) is 4.78. The number of likely N-dealkylation sites (N-methyl/N-ethyl adjacent to an activating group) is 1. The largest absolute Gasteiger partial charge is 0.481 e. The third kappa shape index (κ3) is 2.53. The second-order valence-electron chi connectivity index (χ2n) is 9.49. The number of aliphatic hydroxyl groups excluding tert-OH is 1. The van der Waals surface area contributed by atoms with Crippen molar-refractivity contribution in [3.05, 3.63) is 76.1 Å². The molecule has 2 aromatic carbocycles. The van der Waals surface area contributed by atoms with Crippen LogP contribution in [0.4, 0.5) is 0 Å². The summed E-state index contributed by atoms with van der Waals surface area (Å²) >= 11 is 0. The number of carbonyl (C=O) groups is 1. The predicted octanol–water partition coefficient (Wildman–Crippen LogP) is 3.51. The van der Waals surface area contributed by atoms with Crippen LogP contribution in [0, 0.1) is 12.8 Å². The van der Waals surface area contributed by atoms with E-state index in [1.165, 1.54) is 11.1 Å². The zero-order valence-corrected chi connectivity index (χ0v) is 17.9. The van der Waals surface area contributed by atoms with Gasteiger partial charge in [0.1, 0.15) is 11.5 Å². The molecule has 0 aromatic heterocycles. The van der Waals surface area contributed by atoms with Crippen molar-refractivity contribution in [2.24, 2.45) is 5.92 Å². The Bertz CT molecular complexity index is 1120. The van der Waals surface area contributed by atoms with Gasteiger partial charge in [-0.25, -0.2) is 4.79 Å². The van der Waals surface area contributed by atoms with Crippen molar-refractivity contribution < 1.29 is 19.4 Å². The maximum absolute atomic E-state index is 13.0. The Labute approximate surface area is 182 Å². The number of hydrogen-bond donors (Lipinski definition) is 1. The number of benzene rings is 2. The first-order valence-electron chi connectivity index (χ1n) is 11.1. The summed E-state index contributed by atoms with van der Waals surface area (Å²) < 4.78 is 12.6. The third-order valence-electron chi connectivity index (χ3n) is 7.96. The average molecular weight is 418 g/mol. The van der Waals surface area contributed by atoms with E-state index in [-0.39, 0.29) is 24.1 Å². The number of aryl methyl sites for hydroxylation is 1. The lowest BCUT2D eigenvalue weighted by molar-refractivity contribution is -0.0272. The lowest BCUT2D eigenvalue weighted by Crippen LogP contribution is -2.63. The Morgan fingerprint density at radius 3 is 3.00 bits per heavy atom. The lowest BCUT2D eigenvalue weighted by atomic mass is 9.53. The molecule has 1 fully saturated rings. The Morgan fingerprint density at radius 1 is 1.32 bits per heavy atom. The number of likely N-dealkylation sites (tertiary alicyclic amines) is 1. The van der Waals surface area contributed by atoms with Gasteiger partial charge in [0.05, 0.1) is 12.2 Å². The van der Waals surface area contributed by atoms with Crippen LogP contribution in [0.2, 0.25) is 0 Å². The molecule has 160 valence electrons. The number of carbonyl (C=O) groups excluding carboxylic acids is 1. The minimum absolute atomic E-state index is 0.0540. The normalized spacial score (nSPS) is 30.3. The fraction of sp³-hybridized carbons (Fsp3) is 0.423. The van der Waals surface area contributed by atoms with Gasteiger partial charge in [-0.2, -0.15) is 0 Å². The van der Waals surface area contributed by atoms with Gasteiger partial charge in [-0.3, -0.25) is 0 Å². The van der Waals surface area contributed by atoms with E-state index in [0.717, 1.165) is 42.7 Å². The molecule has 2 aliphatic carbocycles. The smallest absolute Gasteiger partial charge is 0.343 e. The van der Waals surface area contributed by atoms with Crippen LogP contribution in [-0.2, 0) is 23.2 Å². The number of esters is 1. The minimum Gasteiger partial charge on any atom is -0.481 e. The summed E-state index contributed by atoms with van der Waals surface area (Å²) in [6, 6.07) is 12.1. The quantitative estimate of drug-likeness (QED) is 0.775. The highest BCUT2D eigenvalue weighted by Crippen LogP contribution is 2.62. The van der Waals surface area contributed by atoms with Gasteiger partial charge >= 0.3 is 5.97 Å². The molecule has 2 bridgehead atoms. The van der Waals surface area contributed by atoms with Gasteiger partial charge in [-0.15, -0.1) is 0 Å². The molecule has 4 unspecified atom stereocenters. The maximum Gasteiger partial charge on any atom is 0.343 e. The number of aliphatic hydroxyl groups is 1. The van der Waals surface area contributed by atoms with Gasteiger partial charge in [0.15, 0.2) is 6.10 Å². The molecule has 2 aliphatic heterocycles. The van der Waals surface area contributed by atoms with Crippen molar-refractivity contribution in [2.45, 2.75) is 50.4 Å². The van der Waals surface area contributed by atoms with Crippen LogP contribution < -0.4 is 4.74 Å². The average Bonchev–Trinajstić information content (AvgIpc) is 3.12. The van der Waals surface area contributed by atoms with Crippen LogP contribution in [-0.4, -0.2) is 41.7 Å². The van der Waals surface area contributed by atoms with Gasteiger partial charge in [0.2, 0.25) is 0 Å². The topological polar surface area (TPSA) is 59.0 Å². The van der Waals surface area contributed by atoms with E-state index in [1.807, 2.05) is 31.2 Å². The van der Waals surface area contributed by atoms with Crippen molar-refractivity contribution in [1.29, 1.82) is 0 Å². The first-order valence-corrected chi connectivity index (χ1v) is 11.1. The summed E-state index contributed by atoms with van der Waals surface area (Å²) in [7, 11) is 2.22. The summed E-state index contributed by atoms with van der Waals surface area (Å²) in [5, 5.41) is 9.97. The number of hydrogen-bond acceptors (Lipinski definition) is 5. The van der Waals surface area contributed by atoms with E-state index in [9.17, 15) is 9.90 Å². The van der Waals surface area contributed by atoms with Gasteiger partial charge in [0.25, 0.3) is 0 Å². The number of allylic oxidation sites excluding steroid dienone is 1. The van der Waals surface area contributed by atoms with E-state index in [4.69, 9.17) is 9.47 Å². The summed E-state index contributed by atoms with van der Waals surface area (Å²) in [5.74, 6) is 1.52. The van der Waals surface area contributed by atoms with E-state index in [1.54, 1.807) is 6.07 Å². The number of nitrogens with zero attached hydrogens (tertiary/aromatic N) is 1. The zero-order chi connectivity index (χ0) is 21.3. The highest BCUT2D eigenvalue weighted by molar-refractivity contribution is 5.90. The molecule has 5 nitrogen and oxygen atoms in total. The van der Waals surface area contributed by atoms with Crippen molar-refractivity contribution in [3.8, 4) is 5.75 Å². The molecule has 5 heteroatoms. The van der Waals surface area contributed by atoms with Crippen LogP contribution in [0.25, 0.3) is 0 Å². The molecular formula is C26H27NO4. The Hall–Kier alpha value is -2.63. The highest BCUT2D eigenvalue weighted by atomic mass is 16.6. The summed E-state index contributed by atoms with van der Waals surface area (Å²) in [4.78, 5) is 15.4. The molecule has 0 radical (unpaired) electrons. The zero-order valence-electron chi connectivity index (χ0n) is 17.9. The van der Waals surface area contributed by atoms with Gasteiger partial charge in [-0.1, -0.05) is 29.8 Å². The van der Waals surface area contributed by atoms with E-state index >= 15 is 0 Å². The molecule has 4 aliphatic rings. The van der Waals surface area contributed by atoms with Crippen molar-refractivity contribution >= 4 is 5.97 Å². The minimum atomic E-state index is -0.341. The van der Waals surface area contributed by atoms with E-state index in [2.05, 4.69) is 24.1 Å². The Balaban J connectivity index is 1.44. The van der Waals surface area contributed by atoms with Crippen LogP contribution in [0.1, 0.15) is 45.5 Å². The van der Waals surface area contributed by atoms with Crippen LogP contribution in [0.3, 0.4) is 0 Å². The van der Waals surface area contributed by atoms with Crippen LogP contribution >= 0.6 is 0 Å². The van der Waals surface area contributed by atoms with Crippen molar-refractivity contribution in [2.75, 3.05) is 13.6 Å². The number of piperidine rings is 1. The fourth-order valence-corrected chi connectivity index (χ4v) is 6.55. The second kappa shape index (κ2) is 6.68. The third-order valence-corrected chi connectivity index (χ3v) is 7.96. The fourth-order valence-electron chi connectivity index (χ4n) is 6.55. The monoisotopic (exact) mass is 417 g/mol. The standard InChI is InChI=1S/C26H27NO4/c1-15-4-3-5-17(12-15)25(29)30-21-9-8-19-20-13-16-6-7-18(14-28)23-22(16)26(19,24(21)31-23)10-11-27(20)2/h3-7,9,12,19-20,24,28H,8,10-11,13-14H2,1-2H3. The van der Waals surface area contributed by atoms with E-state index in [0.29, 0.717) is 23.3 Å². The molecule has 0 amide bonds. The van der Waals surface area contributed by atoms with Crippen molar-refractivity contribution in [3.63, 3.8) is 0 Å². The number of rotatable bonds is 3. The van der Waals surface area contributed by atoms with Crippen LogP contribution in [0.5, 0.6) is 5.75 Å². The predicted molar refractivity (Wildman–Crippen MR) is 116 cm³/mol. The molecule has 2 heterocycles. The molecule has 1 N–H and O–H groups in total. The highest BCUT2D eigenvalue weighted by Gasteiger charge is 2.64. The first-order chi connectivity index (χ1) is 15.0. The first kappa shape index (κ1) is 19.1. The molecule has 6 rings (SSSR count). The van der Waals surface area contributed by atoms with E-state index < -0.39 is 0 Å².